The molecule has 1 saturated carbocycles. The summed E-state index contributed by atoms with van der Waals surface area (Å²) in [5, 5.41) is 0.274. The second-order valence-corrected chi connectivity index (χ2v) is 3.82. The van der Waals surface area contributed by atoms with Crippen LogP contribution >= 0.6 is 11.6 Å². The number of nitrogens with two attached hydrogens (primary N) is 1. The van der Waals surface area contributed by atoms with Crippen LogP contribution in [0.2, 0.25) is 0 Å². The van der Waals surface area contributed by atoms with Crippen LogP contribution in [0.4, 0.5) is 0 Å². The Morgan fingerprint density at radius 3 is 3.00 bits per heavy atom. The Balaban J connectivity index is 2.18. The van der Waals surface area contributed by atoms with E-state index < -0.39 is 0 Å². The summed E-state index contributed by atoms with van der Waals surface area (Å²) in [7, 11) is 0. The van der Waals surface area contributed by atoms with Crippen molar-refractivity contribution >= 4 is 17.4 Å². The zero-order chi connectivity index (χ0) is 7.30. The summed E-state index contributed by atoms with van der Waals surface area (Å²) in [4.78, 5) is 4.25. The number of hydrogen-bond acceptors (Lipinski definition) is 2. The van der Waals surface area contributed by atoms with Gasteiger partial charge < -0.3 is 5.73 Å². The number of aliphatic imine (C=N–C) groups is 1. The molecular formula is C7H11ClN2. The zero-order valence-electron chi connectivity index (χ0n) is 5.92. The van der Waals surface area contributed by atoms with Crippen molar-refractivity contribution in [3.8, 4) is 0 Å². The van der Waals surface area contributed by atoms with Crippen molar-refractivity contribution in [2.24, 2.45) is 22.6 Å². The molecular weight excluding hydrogens is 148 g/mol. The smallest absolute Gasteiger partial charge is 0.0944 e. The first-order valence-corrected chi connectivity index (χ1v) is 4.10. The molecule has 1 heterocycles. The van der Waals surface area contributed by atoms with Crippen molar-refractivity contribution in [3.63, 3.8) is 0 Å². The number of fused-ring (bicyclic) bond motifs is 1. The van der Waals surface area contributed by atoms with Crippen molar-refractivity contribution in [2.75, 3.05) is 0 Å². The maximum Gasteiger partial charge on any atom is 0.0944 e. The van der Waals surface area contributed by atoms with Crippen molar-refractivity contribution < 1.29 is 0 Å². The molecule has 3 heteroatoms. The molecule has 4 atom stereocenters. The second-order valence-electron chi connectivity index (χ2n) is 3.31. The van der Waals surface area contributed by atoms with Gasteiger partial charge in [0.1, 0.15) is 0 Å². The minimum absolute atomic E-state index is 0.274. The largest absolute Gasteiger partial charge is 0.387 e. The third-order valence-electron chi connectivity index (χ3n) is 2.45. The maximum absolute atomic E-state index is 5.96. The summed E-state index contributed by atoms with van der Waals surface area (Å²) in [6.45, 7) is 2.20. The summed E-state index contributed by atoms with van der Waals surface area (Å²) in [6, 6.07) is 0.352. The number of amidine groups is 1. The topological polar surface area (TPSA) is 38.4 Å². The van der Waals surface area contributed by atoms with Crippen LogP contribution in [0, 0.1) is 11.8 Å². The third-order valence-corrected chi connectivity index (χ3v) is 3.00. The fourth-order valence-electron chi connectivity index (χ4n) is 1.80. The van der Waals surface area contributed by atoms with Gasteiger partial charge in [0, 0.05) is 12.3 Å². The van der Waals surface area contributed by atoms with Gasteiger partial charge in [-0.15, -0.1) is 11.6 Å². The first kappa shape index (κ1) is 6.47. The van der Waals surface area contributed by atoms with Gasteiger partial charge in [-0.05, 0) is 5.92 Å². The number of hydrogen-bond donors (Lipinski definition) is 1. The molecule has 2 nitrogen and oxygen atoms in total. The Bertz CT molecular complexity index is 190. The highest BCUT2D eigenvalue weighted by atomic mass is 35.5. The number of halogens is 1. The van der Waals surface area contributed by atoms with Gasteiger partial charge in [0.2, 0.25) is 0 Å². The Labute approximate surface area is 65.5 Å². The molecule has 0 spiro atoms. The van der Waals surface area contributed by atoms with Crippen molar-refractivity contribution in [1.82, 2.24) is 0 Å². The fourth-order valence-corrected chi connectivity index (χ4v) is 2.34. The van der Waals surface area contributed by atoms with E-state index in [1.54, 1.807) is 0 Å². The Hall–Kier alpha value is -0.240. The molecule has 1 unspecified atom stereocenters. The molecule has 0 aromatic heterocycles. The highest BCUT2D eigenvalue weighted by Crippen LogP contribution is 2.48. The van der Waals surface area contributed by atoms with E-state index in [4.69, 9.17) is 17.3 Å². The molecule has 2 N–H and O–H groups in total. The molecule has 0 amide bonds. The molecule has 1 aliphatic carbocycles. The van der Waals surface area contributed by atoms with Crippen molar-refractivity contribution in [2.45, 2.75) is 24.8 Å². The summed E-state index contributed by atoms with van der Waals surface area (Å²) in [5.74, 6) is 2.05. The molecule has 0 aromatic rings. The van der Waals surface area contributed by atoms with E-state index in [0.717, 1.165) is 12.3 Å². The highest BCUT2D eigenvalue weighted by molar-refractivity contribution is 6.23. The molecule has 2 aliphatic rings. The van der Waals surface area contributed by atoms with E-state index in [1.165, 1.54) is 0 Å². The Morgan fingerprint density at radius 1 is 1.70 bits per heavy atom. The lowest BCUT2D eigenvalue weighted by molar-refractivity contribution is 0.499. The first-order valence-electron chi connectivity index (χ1n) is 3.66. The van der Waals surface area contributed by atoms with E-state index in [-0.39, 0.29) is 5.38 Å². The van der Waals surface area contributed by atoms with Gasteiger partial charge in [0.25, 0.3) is 0 Å². The van der Waals surface area contributed by atoms with Gasteiger partial charge >= 0.3 is 0 Å². The van der Waals surface area contributed by atoms with Gasteiger partial charge in [-0.25, -0.2) is 0 Å². The summed E-state index contributed by atoms with van der Waals surface area (Å²) in [5.41, 5.74) is 5.60. The lowest BCUT2D eigenvalue weighted by atomic mass is 9.99. The van der Waals surface area contributed by atoms with Crippen LogP contribution in [0.25, 0.3) is 0 Å². The number of rotatable bonds is 0. The molecule has 10 heavy (non-hydrogen) atoms. The van der Waals surface area contributed by atoms with E-state index in [1.807, 2.05) is 0 Å². The van der Waals surface area contributed by atoms with Crippen LogP contribution in [-0.4, -0.2) is 17.3 Å². The number of alkyl halides is 1. The average molecular weight is 159 g/mol. The molecule has 2 rings (SSSR count). The third kappa shape index (κ3) is 0.749. The monoisotopic (exact) mass is 158 g/mol. The zero-order valence-corrected chi connectivity index (χ0v) is 6.67. The molecule has 0 radical (unpaired) electrons. The second kappa shape index (κ2) is 1.88. The van der Waals surface area contributed by atoms with Gasteiger partial charge in [-0.2, -0.15) is 0 Å². The van der Waals surface area contributed by atoms with E-state index >= 15 is 0 Å². The lowest BCUT2D eigenvalue weighted by Gasteiger charge is -2.13. The van der Waals surface area contributed by atoms with E-state index in [9.17, 15) is 0 Å². The van der Waals surface area contributed by atoms with E-state index in [0.29, 0.717) is 17.9 Å². The van der Waals surface area contributed by atoms with Crippen LogP contribution < -0.4 is 5.73 Å². The average Bonchev–Trinajstić information content (AvgIpc) is 2.42. The van der Waals surface area contributed by atoms with Crippen molar-refractivity contribution in [3.05, 3.63) is 0 Å². The van der Waals surface area contributed by atoms with Crippen molar-refractivity contribution in [1.29, 1.82) is 0 Å². The first-order chi connectivity index (χ1) is 4.70. The number of nitrogens with zero attached hydrogens (tertiary/aromatic N) is 1. The van der Waals surface area contributed by atoms with Crippen LogP contribution in [0.1, 0.15) is 13.3 Å². The normalized spacial score (nSPS) is 51.6. The highest BCUT2D eigenvalue weighted by Gasteiger charge is 2.54. The molecule has 1 aliphatic heterocycles. The van der Waals surface area contributed by atoms with Crippen LogP contribution in [0.3, 0.4) is 0 Å². The predicted octanol–water partition coefficient (Wildman–Crippen LogP) is 0.989. The fraction of sp³-hybridized carbons (Fsp3) is 0.857. The summed E-state index contributed by atoms with van der Waals surface area (Å²) >= 11 is 5.96. The Morgan fingerprint density at radius 2 is 2.40 bits per heavy atom. The molecule has 0 saturated heterocycles. The summed E-state index contributed by atoms with van der Waals surface area (Å²) < 4.78 is 0. The minimum atomic E-state index is 0.274. The van der Waals surface area contributed by atoms with Gasteiger partial charge in [0.15, 0.2) is 0 Å². The quantitative estimate of drug-likeness (QED) is 0.525. The SMILES string of the molecule is C[C@H]1CC(N)=N[C@H]2C1[C@H]2Cl. The van der Waals surface area contributed by atoms with Gasteiger partial charge in [0.05, 0.1) is 17.3 Å². The molecule has 56 valence electrons. The molecule has 0 aromatic carbocycles. The molecule has 0 bridgehead atoms. The maximum atomic E-state index is 5.96. The predicted molar refractivity (Wildman–Crippen MR) is 42.3 cm³/mol. The van der Waals surface area contributed by atoms with Crippen LogP contribution in [-0.2, 0) is 0 Å². The Kier molecular flexibility index (Phi) is 1.21. The van der Waals surface area contributed by atoms with Crippen LogP contribution in [0.5, 0.6) is 0 Å². The van der Waals surface area contributed by atoms with Gasteiger partial charge in [-0.1, -0.05) is 6.92 Å². The van der Waals surface area contributed by atoms with E-state index in [2.05, 4.69) is 11.9 Å². The van der Waals surface area contributed by atoms with Crippen LogP contribution in [0.15, 0.2) is 4.99 Å². The molecule has 1 fully saturated rings. The minimum Gasteiger partial charge on any atom is -0.387 e. The lowest BCUT2D eigenvalue weighted by Crippen LogP contribution is -2.22. The van der Waals surface area contributed by atoms with Gasteiger partial charge in [-0.3, -0.25) is 4.99 Å². The summed E-state index contributed by atoms with van der Waals surface area (Å²) in [6.07, 6.45) is 0.935. The standard InChI is InChI=1S/C7H11ClN2/c1-3-2-4(9)10-7-5(3)6(7)8/h3,5-7H,2H2,1H3,(H2,9,10)/t3-,5?,6+,7-/m0/s1.